The molecule has 0 unspecified atom stereocenters. The van der Waals surface area contributed by atoms with E-state index >= 15 is 0 Å². The van der Waals surface area contributed by atoms with Crippen molar-refractivity contribution in [2.45, 2.75) is 19.3 Å². The summed E-state index contributed by atoms with van der Waals surface area (Å²) in [6, 6.07) is 12.9. The van der Waals surface area contributed by atoms with Gasteiger partial charge in [0.15, 0.2) is 0 Å². The Morgan fingerprint density at radius 3 is 2.60 bits per heavy atom. The minimum atomic E-state index is -0.245. The molecular formula is C20H21ClN2O2. The van der Waals surface area contributed by atoms with E-state index in [1.54, 1.807) is 31.4 Å². The topological polar surface area (TPSA) is 54.1 Å². The monoisotopic (exact) mass is 356 g/mol. The summed E-state index contributed by atoms with van der Waals surface area (Å²) < 4.78 is 5.12. The van der Waals surface area contributed by atoms with Crippen molar-refractivity contribution in [3.8, 4) is 5.75 Å². The van der Waals surface area contributed by atoms with Gasteiger partial charge in [0.25, 0.3) is 5.91 Å². The van der Waals surface area contributed by atoms with Crippen molar-refractivity contribution in [3.05, 3.63) is 64.8 Å². The van der Waals surface area contributed by atoms with Crippen molar-refractivity contribution in [1.29, 1.82) is 0 Å². The highest BCUT2D eigenvalue weighted by Crippen LogP contribution is 2.31. The summed E-state index contributed by atoms with van der Waals surface area (Å²) in [6.07, 6.45) is 1.99. The molecule has 130 valence electrons. The van der Waals surface area contributed by atoms with E-state index in [2.05, 4.69) is 24.1 Å². The van der Waals surface area contributed by atoms with E-state index in [1.165, 1.54) is 0 Å². The molecule has 25 heavy (non-hydrogen) atoms. The van der Waals surface area contributed by atoms with Crippen LogP contribution in [-0.4, -0.2) is 24.5 Å². The molecule has 0 atom stereocenters. The van der Waals surface area contributed by atoms with Crippen molar-refractivity contribution in [3.63, 3.8) is 0 Å². The lowest BCUT2D eigenvalue weighted by molar-refractivity contribution is 0.0945. The molecule has 0 saturated carbocycles. The SMILES string of the molecule is COc1ccc(C(=O)NCC(C)(C)c2c[nH]c3ccc(Cl)cc23)cc1. The molecule has 1 amide bonds. The summed E-state index contributed by atoms with van der Waals surface area (Å²) in [7, 11) is 1.60. The summed E-state index contributed by atoms with van der Waals surface area (Å²) in [5.41, 5.74) is 2.53. The summed E-state index contributed by atoms with van der Waals surface area (Å²) >= 11 is 6.14. The fraction of sp³-hybridized carbons (Fsp3) is 0.250. The molecule has 0 radical (unpaired) electrons. The zero-order chi connectivity index (χ0) is 18.0. The number of amides is 1. The number of benzene rings is 2. The first-order valence-electron chi connectivity index (χ1n) is 8.10. The second-order valence-electron chi connectivity index (χ2n) is 6.69. The summed E-state index contributed by atoms with van der Waals surface area (Å²) in [6.45, 7) is 4.72. The highest BCUT2D eigenvalue weighted by atomic mass is 35.5. The number of aromatic amines is 1. The second kappa shape index (κ2) is 6.81. The summed E-state index contributed by atoms with van der Waals surface area (Å²) in [5.74, 6) is 0.626. The Morgan fingerprint density at radius 1 is 1.20 bits per heavy atom. The smallest absolute Gasteiger partial charge is 0.251 e. The predicted molar refractivity (Wildman–Crippen MR) is 102 cm³/mol. The van der Waals surface area contributed by atoms with Gasteiger partial charge in [0.05, 0.1) is 7.11 Å². The third-order valence-electron chi connectivity index (χ3n) is 4.42. The van der Waals surface area contributed by atoms with Crippen LogP contribution in [-0.2, 0) is 5.41 Å². The molecule has 5 heteroatoms. The van der Waals surface area contributed by atoms with Crippen LogP contribution in [0, 0.1) is 0 Å². The molecule has 4 nitrogen and oxygen atoms in total. The number of aromatic nitrogens is 1. The maximum Gasteiger partial charge on any atom is 0.251 e. The van der Waals surface area contributed by atoms with Crippen LogP contribution < -0.4 is 10.1 Å². The van der Waals surface area contributed by atoms with Gasteiger partial charge in [-0.25, -0.2) is 0 Å². The van der Waals surface area contributed by atoms with Crippen LogP contribution in [0.25, 0.3) is 10.9 Å². The minimum absolute atomic E-state index is 0.103. The van der Waals surface area contributed by atoms with Gasteiger partial charge >= 0.3 is 0 Å². The maximum atomic E-state index is 12.4. The van der Waals surface area contributed by atoms with E-state index in [0.29, 0.717) is 17.1 Å². The van der Waals surface area contributed by atoms with Crippen LogP contribution in [0.4, 0.5) is 0 Å². The van der Waals surface area contributed by atoms with Crippen molar-refractivity contribution < 1.29 is 9.53 Å². The Bertz CT molecular complexity index is 898. The first-order valence-corrected chi connectivity index (χ1v) is 8.48. The normalized spacial score (nSPS) is 11.5. The predicted octanol–water partition coefficient (Wildman–Crippen LogP) is 4.54. The molecule has 1 heterocycles. The second-order valence-corrected chi connectivity index (χ2v) is 7.12. The highest BCUT2D eigenvalue weighted by molar-refractivity contribution is 6.31. The van der Waals surface area contributed by atoms with Crippen molar-refractivity contribution in [2.24, 2.45) is 0 Å². The third kappa shape index (κ3) is 3.64. The number of methoxy groups -OCH3 is 1. The van der Waals surface area contributed by atoms with Crippen molar-refractivity contribution in [1.82, 2.24) is 10.3 Å². The fourth-order valence-electron chi connectivity index (χ4n) is 2.89. The zero-order valence-corrected chi connectivity index (χ0v) is 15.3. The van der Waals surface area contributed by atoms with Gasteiger partial charge in [0, 0.05) is 39.6 Å². The van der Waals surface area contributed by atoms with E-state index in [4.69, 9.17) is 16.3 Å². The molecule has 0 aliphatic rings. The average Bonchev–Trinajstić information content (AvgIpc) is 3.03. The van der Waals surface area contributed by atoms with Crippen molar-refractivity contribution >= 4 is 28.4 Å². The molecular weight excluding hydrogens is 336 g/mol. The van der Waals surface area contributed by atoms with E-state index in [1.807, 2.05) is 24.4 Å². The van der Waals surface area contributed by atoms with E-state index < -0.39 is 0 Å². The third-order valence-corrected chi connectivity index (χ3v) is 4.65. The summed E-state index contributed by atoms with van der Waals surface area (Å²) in [5, 5.41) is 4.80. The van der Waals surface area contributed by atoms with Gasteiger partial charge in [-0.3, -0.25) is 4.79 Å². The molecule has 0 aliphatic carbocycles. The van der Waals surface area contributed by atoms with Gasteiger partial charge < -0.3 is 15.0 Å². The van der Waals surface area contributed by atoms with Gasteiger partial charge in [-0.2, -0.15) is 0 Å². The lowest BCUT2D eigenvalue weighted by Crippen LogP contribution is -2.36. The van der Waals surface area contributed by atoms with Crippen LogP contribution in [0.5, 0.6) is 5.75 Å². The number of rotatable bonds is 5. The van der Waals surface area contributed by atoms with Crippen molar-refractivity contribution in [2.75, 3.05) is 13.7 Å². The first-order chi connectivity index (χ1) is 11.9. The zero-order valence-electron chi connectivity index (χ0n) is 14.5. The number of fused-ring (bicyclic) bond motifs is 1. The van der Waals surface area contributed by atoms with Crippen LogP contribution >= 0.6 is 11.6 Å². The largest absolute Gasteiger partial charge is 0.497 e. The maximum absolute atomic E-state index is 12.4. The van der Waals surface area contributed by atoms with Crippen LogP contribution in [0.3, 0.4) is 0 Å². The fourth-order valence-corrected chi connectivity index (χ4v) is 3.07. The number of carbonyl (C=O) groups is 1. The molecule has 3 rings (SSSR count). The standard InChI is InChI=1S/C20H21ClN2O2/c1-20(2,17-11-22-18-9-6-14(21)10-16(17)18)12-23-19(24)13-4-7-15(25-3)8-5-13/h4-11,22H,12H2,1-3H3,(H,23,24). The lowest BCUT2D eigenvalue weighted by Gasteiger charge is -2.25. The number of nitrogens with one attached hydrogen (secondary N) is 2. The minimum Gasteiger partial charge on any atom is -0.497 e. The quantitative estimate of drug-likeness (QED) is 0.705. The number of H-pyrrole nitrogens is 1. The van der Waals surface area contributed by atoms with Crippen LogP contribution in [0.15, 0.2) is 48.7 Å². The Kier molecular flexibility index (Phi) is 4.73. The molecule has 2 aromatic carbocycles. The van der Waals surface area contributed by atoms with Crippen LogP contribution in [0.2, 0.25) is 5.02 Å². The number of hydrogen-bond donors (Lipinski definition) is 2. The number of halogens is 1. The Labute approximate surface area is 152 Å². The van der Waals surface area contributed by atoms with Gasteiger partial charge in [-0.1, -0.05) is 25.4 Å². The molecule has 1 aromatic heterocycles. The molecule has 0 fully saturated rings. The molecule has 0 saturated heterocycles. The van der Waals surface area contributed by atoms with Crippen LogP contribution in [0.1, 0.15) is 29.8 Å². The van der Waals surface area contributed by atoms with Gasteiger partial charge in [-0.05, 0) is 48.0 Å². The van der Waals surface area contributed by atoms with E-state index in [-0.39, 0.29) is 11.3 Å². The Balaban J connectivity index is 1.76. The number of ether oxygens (including phenoxy) is 1. The molecule has 0 spiro atoms. The molecule has 2 N–H and O–H groups in total. The van der Waals surface area contributed by atoms with Gasteiger partial charge in [0.2, 0.25) is 0 Å². The number of carbonyl (C=O) groups excluding carboxylic acids is 1. The van der Waals surface area contributed by atoms with Gasteiger partial charge in [-0.15, -0.1) is 0 Å². The first kappa shape index (κ1) is 17.4. The van der Waals surface area contributed by atoms with Gasteiger partial charge in [0.1, 0.15) is 5.75 Å². The molecule has 3 aromatic rings. The summed E-state index contributed by atoms with van der Waals surface area (Å²) in [4.78, 5) is 15.7. The number of hydrogen-bond acceptors (Lipinski definition) is 2. The highest BCUT2D eigenvalue weighted by Gasteiger charge is 2.25. The Morgan fingerprint density at radius 2 is 1.92 bits per heavy atom. The van der Waals surface area contributed by atoms with E-state index in [9.17, 15) is 4.79 Å². The van der Waals surface area contributed by atoms with E-state index in [0.717, 1.165) is 22.2 Å². The molecule has 0 bridgehead atoms. The molecule has 0 aliphatic heterocycles. The average molecular weight is 357 g/mol. The lowest BCUT2D eigenvalue weighted by atomic mass is 9.84. The Hall–Kier alpha value is -2.46.